The molecule has 1 heterocycles. The summed E-state index contributed by atoms with van der Waals surface area (Å²) in [5, 5.41) is 5.86. The number of nitrogens with one attached hydrogen (secondary N) is 1. The van der Waals surface area contributed by atoms with Gasteiger partial charge in [0.25, 0.3) is 0 Å². The second-order valence-electron chi connectivity index (χ2n) is 4.51. The highest BCUT2D eigenvalue weighted by molar-refractivity contribution is 7.13. The van der Waals surface area contributed by atoms with Crippen molar-refractivity contribution in [2.24, 2.45) is 0 Å². The van der Waals surface area contributed by atoms with E-state index in [1.54, 1.807) is 6.92 Å². The molecule has 0 saturated heterocycles. The molecule has 0 unspecified atom stereocenters. The van der Waals surface area contributed by atoms with Gasteiger partial charge in [-0.3, -0.25) is 4.79 Å². The highest BCUT2D eigenvalue weighted by Crippen LogP contribution is 2.28. The molecule has 0 aliphatic heterocycles. The van der Waals surface area contributed by atoms with E-state index in [0.29, 0.717) is 26.4 Å². The average Bonchev–Trinajstić information content (AvgIpc) is 2.84. The Morgan fingerprint density at radius 3 is 2.79 bits per heavy atom. The predicted octanol–water partition coefficient (Wildman–Crippen LogP) is 2.43. The van der Waals surface area contributed by atoms with Crippen LogP contribution < -0.4 is 5.32 Å². The summed E-state index contributed by atoms with van der Waals surface area (Å²) in [7, 11) is 0. The smallest absolute Gasteiger partial charge is 0.317 e. The van der Waals surface area contributed by atoms with Crippen LogP contribution in [0.25, 0.3) is 0 Å². The SMILES string of the molecule is CCOCCNc1nc(C(C)(C)C(=O)OCC)cs1. The topological polar surface area (TPSA) is 60.5 Å². The Bertz CT molecular complexity index is 404. The van der Waals surface area contributed by atoms with E-state index in [1.807, 2.05) is 26.2 Å². The number of hydrogen-bond donors (Lipinski definition) is 1. The van der Waals surface area contributed by atoms with Gasteiger partial charge in [-0.1, -0.05) is 0 Å². The van der Waals surface area contributed by atoms with Gasteiger partial charge in [-0.05, 0) is 27.7 Å². The first-order valence-corrected chi connectivity index (χ1v) is 7.35. The van der Waals surface area contributed by atoms with Crippen molar-refractivity contribution in [3.8, 4) is 0 Å². The Kier molecular flexibility index (Phi) is 6.24. The molecular formula is C13H22N2O3S. The van der Waals surface area contributed by atoms with Gasteiger partial charge < -0.3 is 14.8 Å². The minimum absolute atomic E-state index is 0.249. The zero-order valence-electron chi connectivity index (χ0n) is 12.0. The zero-order chi connectivity index (χ0) is 14.3. The quantitative estimate of drug-likeness (QED) is 0.587. The van der Waals surface area contributed by atoms with Crippen LogP contribution >= 0.6 is 11.3 Å². The summed E-state index contributed by atoms with van der Waals surface area (Å²) in [6.07, 6.45) is 0. The van der Waals surface area contributed by atoms with Crippen LogP contribution in [0.4, 0.5) is 5.13 Å². The molecule has 0 aromatic carbocycles. The van der Waals surface area contributed by atoms with E-state index in [1.165, 1.54) is 11.3 Å². The second kappa shape index (κ2) is 7.45. The summed E-state index contributed by atoms with van der Waals surface area (Å²) >= 11 is 1.48. The number of hydrogen-bond acceptors (Lipinski definition) is 6. The van der Waals surface area contributed by atoms with Gasteiger partial charge in [-0.25, -0.2) is 4.98 Å². The molecule has 1 aromatic rings. The zero-order valence-corrected chi connectivity index (χ0v) is 12.8. The van der Waals surface area contributed by atoms with Gasteiger partial charge in [0, 0.05) is 18.5 Å². The number of carbonyl (C=O) groups excluding carboxylic acids is 1. The number of anilines is 1. The minimum Gasteiger partial charge on any atom is -0.465 e. The van der Waals surface area contributed by atoms with Crippen LogP contribution in [-0.2, 0) is 19.7 Å². The highest BCUT2D eigenvalue weighted by atomic mass is 32.1. The largest absolute Gasteiger partial charge is 0.465 e. The lowest BCUT2D eigenvalue weighted by Crippen LogP contribution is -2.31. The molecule has 1 N–H and O–H groups in total. The first-order chi connectivity index (χ1) is 9.02. The van der Waals surface area contributed by atoms with Crippen molar-refractivity contribution in [1.82, 2.24) is 4.98 Å². The molecule has 108 valence electrons. The first-order valence-electron chi connectivity index (χ1n) is 6.47. The minimum atomic E-state index is -0.716. The van der Waals surface area contributed by atoms with Crippen molar-refractivity contribution in [2.45, 2.75) is 33.1 Å². The molecule has 0 aliphatic carbocycles. The third-order valence-electron chi connectivity index (χ3n) is 2.66. The molecule has 0 amide bonds. The molecule has 5 nitrogen and oxygen atoms in total. The third kappa shape index (κ3) is 4.47. The highest BCUT2D eigenvalue weighted by Gasteiger charge is 2.33. The maximum absolute atomic E-state index is 11.9. The van der Waals surface area contributed by atoms with Crippen molar-refractivity contribution in [1.29, 1.82) is 0 Å². The molecule has 1 aromatic heterocycles. The standard InChI is InChI=1S/C13H22N2O3S/c1-5-17-8-7-14-12-15-10(9-19-12)13(3,4)11(16)18-6-2/h9H,5-8H2,1-4H3,(H,14,15). The fourth-order valence-corrected chi connectivity index (χ4v) is 2.34. The van der Waals surface area contributed by atoms with Crippen LogP contribution in [0.1, 0.15) is 33.4 Å². The first kappa shape index (κ1) is 15.9. The van der Waals surface area contributed by atoms with Gasteiger partial charge in [0.2, 0.25) is 0 Å². The van der Waals surface area contributed by atoms with Gasteiger partial charge >= 0.3 is 5.97 Å². The van der Waals surface area contributed by atoms with Crippen LogP contribution in [0.3, 0.4) is 0 Å². The lowest BCUT2D eigenvalue weighted by Gasteiger charge is -2.19. The summed E-state index contributed by atoms with van der Waals surface area (Å²) in [5.41, 5.74) is 0.0154. The summed E-state index contributed by atoms with van der Waals surface area (Å²) in [6, 6.07) is 0. The van der Waals surface area contributed by atoms with E-state index in [4.69, 9.17) is 9.47 Å². The van der Waals surface area contributed by atoms with Crippen molar-refractivity contribution < 1.29 is 14.3 Å². The van der Waals surface area contributed by atoms with E-state index in [9.17, 15) is 4.79 Å². The molecule has 0 aliphatic rings. The van der Waals surface area contributed by atoms with Crippen molar-refractivity contribution in [3.63, 3.8) is 0 Å². The number of nitrogens with zero attached hydrogens (tertiary/aromatic N) is 1. The summed E-state index contributed by atoms with van der Waals surface area (Å²) < 4.78 is 10.3. The van der Waals surface area contributed by atoms with Crippen LogP contribution in [0.5, 0.6) is 0 Å². The normalized spacial score (nSPS) is 11.4. The molecule has 1 rings (SSSR count). The molecule has 0 radical (unpaired) electrons. The molecule has 0 fully saturated rings. The van der Waals surface area contributed by atoms with Crippen molar-refractivity contribution in [3.05, 3.63) is 11.1 Å². The number of esters is 1. The Labute approximate surface area is 118 Å². The fourth-order valence-electron chi connectivity index (χ4n) is 1.43. The second-order valence-corrected chi connectivity index (χ2v) is 5.37. The van der Waals surface area contributed by atoms with E-state index < -0.39 is 5.41 Å². The number of thiazole rings is 1. The van der Waals surface area contributed by atoms with Crippen molar-refractivity contribution >= 4 is 22.4 Å². The average molecular weight is 286 g/mol. The molecule has 0 spiro atoms. The van der Waals surface area contributed by atoms with Crippen molar-refractivity contribution in [2.75, 3.05) is 31.7 Å². The van der Waals surface area contributed by atoms with E-state index >= 15 is 0 Å². The van der Waals surface area contributed by atoms with Gasteiger partial charge in [0.1, 0.15) is 5.41 Å². The maximum atomic E-state index is 11.9. The van der Waals surface area contributed by atoms with E-state index in [2.05, 4.69) is 10.3 Å². The third-order valence-corrected chi connectivity index (χ3v) is 3.46. The molecule has 6 heteroatoms. The molecule has 0 saturated carbocycles. The monoisotopic (exact) mass is 286 g/mol. The lowest BCUT2D eigenvalue weighted by molar-refractivity contribution is -0.148. The Balaban J connectivity index is 2.60. The van der Waals surface area contributed by atoms with E-state index in [0.717, 1.165) is 10.8 Å². The number of rotatable bonds is 8. The Hall–Kier alpha value is -1.14. The van der Waals surface area contributed by atoms with Gasteiger partial charge in [0.05, 0.1) is 18.9 Å². The molecule has 0 atom stereocenters. The van der Waals surface area contributed by atoms with Crippen LogP contribution in [0.15, 0.2) is 5.38 Å². The maximum Gasteiger partial charge on any atom is 0.317 e. The number of carbonyl (C=O) groups is 1. The van der Waals surface area contributed by atoms with Gasteiger partial charge in [-0.2, -0.15) is 0 Å². The number of aromatic nitrogens is 1. The lowest BCUT2D eigenvalue weighted by atomic mass is 9.90. The van der Waals surface area contributed by atoms with Gasteiger partial charge in [-0.15, -0.1) is 11.3 Å². The Morgan fingerprint density at radius 2 is 2.16 bits per heavy atom. The fraction of sp³-hybridized carbons (Fsp3) is 0.692. The predicted molar refractivity (Wildman–Crippen MR) is 76.8 cm³/mol. The Morgan fingerprint density at radius 1 is 1.42 bits per heavy atom. The molecule has 19 heavy (non-hydrogen) atoms. The summed E-state index contributed by atoms with van der Waals surface area (Å²) in [4.78, 5) is 16.3. The molecule has 0 bridgehead atoms. The summed E-state index contributed by atoms with van der Waals surface area (Å²) in [5.74, 6) is -0.249. The summed E-state index contributed by atoms with van der Waals surface area (Å²) in [6.45, 7) is 9.85. The van der Waals surface area contributed by atoms with E-state index in [-0.39, 0.29) is 5.97 Å². The van der Waals surface area contributed by atoms with Gasteiger partial charge in [0.15, 0.2) is 5.13 Å². The van der Waals surface area contributed by atoms with Crippen LogP contribution in [0.2, 0.25) is 0 Å². The van der Waals surface area contributed by atoms with Crippen LogP contribution in [-0.4, -0.2) is 37.3 Å². The van der Waals surface area contributed by atoms with Crippen LogP contribution in [0, 0.1) is 0 Å². The number of ether oxygens (including phenoxy) is 2. The molecular weight excluding hydrogens is 264 g/mol.